The topological polar surface area (TPSA) is 30.7 Å². The van der Waals surface area contributed by atoms with Gasteiger partial charge in [0.2, 0.25) is 0 Å². The van der Waals surface area contributed by atoms with Gasteiger partial charge in [-0.2, -0.15) is 0 Å². The lowest BCUT2D eigenvalue weighted by Crippen LogP contribution is -1.97. The van der Waals surface area contributed by atoms with Gasteiger partial charge in [-0.3, -0.25) is 0 Å². The zero-order chi connectivity index (χ0) is 38.2. The van der Waals surface area contributed by atoms with E-state index in [-0.39, 0.29) is 0 Å². The Labute approximate surface area is 338 Å². The van der Waals surface area contributed by atoms with Crippen molar-refractivity contribution in [1.29, 1.82) is 0 Å². The van der Waals surface area contributed by atoms with Gasteiger partial charge in [0, 0.05) is 64.1 Å². The highest BCUT2D eigenvalue weighted by atomic mass is 32.1. The van der Waals surface area contributed by atoms with Crippen LogP contribution >= 0.6 is 11.3 Å². The van der Waals surface area contributed by atoms with Gasteiger partial charge in [-0.1, -0.05) is 170 Å². The van der Waals surface area contributed by atoms with E-state index in [1.807, 2.05) is 35.6 Å². The van der Waals surface area contributed by atoms with Crippen LogP contribution in [-0.4, -0.2) is 14.5 Å². The zero-order valence-electron chi connectivity index (χ0n) is 31.3. The van der Waals surface area contributed by atoms with Crippen molar-refractivity contribution in [3.63, 3.8) is 0 Å². The standard InChI is InChI=1S/C54H33N3S/c1-3-15-35(16-4-1)46-33-47(56-54(55-46)37-17-5-2-6-18-37)36-26-29-39(30-27-36)57-48-32-38(41-24-13-19-34-14-7-8-20-40(34)41)28-31-44(48)50-51-45-23-11-12-25-49(45)58-53(51)43-22-10-9-21-42(43)52(50)57/h1-33H. The third-order valence-electron chi connectivity index (χ3n) is 11.6. The highest BCUT2D eigenvalue weighted by Crippen LogP contribution is 2.48. The van der Waals surface area contributed by atoms with E-state index in [1.165, 1.54) is 74.6 Å². The third-order valence-corrected chi connectivity index (χ3v) is 12.8. The van der Waals surface area contributed by atoms with E-state index in [2.05, 4.69) is 180 Å². The average Bonchev–Trinajstić information content (AvgIpc) is 3.86. The average molecular weight is 756 g/mol. The molecule has 0 fully saturated rings. The highest BCUT2D eigenvalue weighted by molar-refractivity contribution is 7.27. The number of fused-ring (bicyclic) bond motifs is 11. The van der Waals surface area contributed by atoms with Crippen molar-refractivity contribution < 1.29 is 0 Å². The maximum Gasteiger partial charge on any atom is 0.160 e. The van der Waals surface area contributed by atoms with E-state index in [9.17, 15) is 0 Å². The van der Waals surface area contributed by atoms with Gasteiger partial charge in [-0.25, -0.2) is 9.97 Å². The summed E-state index contributed by atoms with van der Waals surface area (Å²) in [5.41, 5.74) is 10.8. The van der Waals surface area contributed by atoms with Crippen LogP contribution in [0.5, 0.6) is 0 Å². The Morgan fingerprint density at radius 1 is 0.397 bits per heavy atom. The van der Waals surface area contributed by atoms with E-state index in [0.29, 0.717) is 5.82 Å². The van der Waals surface area contributed by atoms with E-state index < -0.39 is 0 Å². The summed E-state index contributed by atoms with van der Waals surface area (Å²) in [7, 11) is 0. The number of rotatable bonds is 5. The number of nitrogens with zero attached hydrogens (tertiary/aromatic N) is 3. The van der Waals surface area contributed by atoms with Crippen LogP contribution in [0.4, 0.5) is 0 Å². The first-order valence-electron chi connectivity index (χ1n) is 19.7. The molecule has 3 nitrogen and oxygen atoms in total. The summed E-state index contributed by atoms with van der Waals surface area (Å²) in [6.45, 7) is 0. The van der Waals surface area contributed by atoms with Gasteiger partial charge in [0.1, 0.15) is 0 Å². The molecule has 0 N–H and O–H groups in total. The lowest BCUT2D eigenvalue weighted by atomic mass is 9.96. The van der Waals surface area contributed by atoms with Crippen molar-refractivity contribution in [2.75, 3.05) is 0 Å². The van der Waals surface area contributed by atoms with Crippen LogP contribution in [0.2, 0.25) is 0 Å². The molecule has 0 atom stereocenters. The Morgan fingerprint density at radius 3 is 1.78 bits per heavy atom. The molecule has 58 heavy (non-hydrogen) atoms. The number of aromatic nitrogens is 3. The molecule has 0 radical (unpaired) electrons. The molecule has 0 saturated carbocycles. The second-order valence-corrected chi connectivity index (χ2v) is 16.0. The van der Waals surface area contributed by atoms with Gasteiger partial charge in [0.25, 0.3) is 0 Å². The van der Waals surface area contributed by atoms with E-state index in [1.54, 1.807) is 0 Å². The predicted molar refractivity (Wildman–Crippen MR) is 246 cm³/mol. The molecule has 12 aromatic rings. The number of benzene rings is 9. The molecular weight excluding hydrogens is 723 g/mol. The van der Waals surface area contributed by atoms with Crippen molar-refractivity contribution in [2.24, 2.45) is 0 Å². The van der Waals surface area contributed by atoms with Gasteiger partial charge in [0.15, 0.2) is 5.82 Å². The Balaban J connectivity index is 1.13. The van der Waals surface area contributed by atoms with Crippen LogP contribution in [0.3, 0.4) is 0 Å². The van der Waals surface area contributed by atoms with Crippen LogP contribution in [0.25, 0.3) is 114 Å². The molecule has 0 bridgehead atoms. The molecule has 270 valence electrons. The molecule has 3 heterocycles. The molecule has 12 rings (SSSR count). The summed E-state index contributed by atoms with van der Waals surface area (Å²) in [4.78, 5) is 10.2. The Kier molecular flexibility index (Phi) is 7.40. The minimum atomic E-state index is 0.711. The maximum absolute atomic E-state index is 5.14. The molecule has 0 aliphatic heterocycles. The summed E-state index contributed by atoms with van der Waals surface area (Å²) < 4.78 is 5.15. The highest BCUT2D eigenvalue weighted by Gasteiger charge is 2.23. The predicted octanol–water partition coefficient (Wildman–Crippen LogP) is 14.9. The summed E-state index contributed by atoms with van der Waals surface area (Å²) in [6.07, 6.45) is 0. The number of thiophene rings is 1. The molecule has 0 saturated heterocycles. The minimum absolute atomic E-state index is 0.711. The second-order valence-electron chi connectivity index (χ2n) is 14.9. The Morgan fingerprint density at radius 2 is 1.00 bits per heavy atom. The summed E-state index contributed by atoms with van der Waals surface area (Å²) in [5, 5.41) is 10.2. The summed E-state index contributed by atoms with van der Waals surface area (Å²) >= 11 is 1.90. The van der Waals surface area contributed by atoms with Crippen molar-refractivity contribution in [2.45, 2.75) is 0 Å². The van der Waals surface area contributed by atoms with E-state index in [4.69, 9.17) is 9.97 Å². The van der Waals surface area contributed by atoms with Crippen molar-refractivity contribution in [1.82, 2.24) is 14.5 Å². The second kappa shape index (κ2) is 13.1. The fourth-order valence-electron chi connectivity index (χ4n) is 8.93. The van der Waals surface area contributed by atoms with Crippen LogP contribution < -0.4 is 0 Å². The first-order chi connectivity index (χ1) is 28.8. The largest absolute Gasteiger partial charge is 0.309 e. The lowest BCUT2D eigenvalue weighted by Gasteiger charge is -2.13. The molecule has 3 aromatic heterocycles. The normalized spacial score (nSPS) is 11.8. The van der Waals surface area contributed by atoms with Gasteiger partial charge < -0.3 is 4.57 Å². The summed E-state index contributed by atoms with van der Waals surface area (Å²) in [5.74, 6) is 0.711. The monoisotopic (exact) mass is 755 g/mol. The molecule has 0 aliphatic carbocycles. The molecule has 4 heteroatoms. The molecule has 0 aliphatic rings. The smallest absolute Gasteiger partial charge is 0.160 e. The van der Waals surface area contributed by atoms with Crippen molar-refractivity contribution in [3.05, 3.63) is 200 Å². The van der Waals surface area contributed by atoms with Gasteiger partial charge in [0.05, 0.1) is 22.4 Å². The van der Waals surface area contributed by atoms with Gasteiger partial charge >= 0.3 is 0 Å². The van der Waals surface area contributed by atoms with E-state index in [0.717, 1.165) is 33.8 Å². The van der Waals surface area contributed by atoms with Crippen molar-refractivity contribution >= 4 is 74.9 Å². The van der Waals surface area contributed by atoms with Gasteiger partial charge in [-0.15, -0.1) is 11.3 Å². The minimum Gasteiger partial charge on any atom is -0.309 e. The van der Waals surface area contributed by atoms with Crippen molar-refractivity contribution in [3.8, 4) is 50.7 Å². The SMILES string of the molecule is c1ccc(-c2cc(-c3ccc(-n4c5cc(-c6cccc7ccccc67)ccc5c5c6c7ccccc7sc6c6ccccc6c54)cc3)nc(-c3ccccc3)n2)cc1. The van der Waals surface area contributed by atoms with Crippen LogP contribution in [0.15, 0.2) is 200 Å². The Hall–Kier alpha value is -7.40. The molecule has 9 aromatic carbocycles. The number of hydrogen-bond acceptors (Lipinski definition) is 3. The lowest BCUT2D eigenvalue weighted by molar-refractivity contribution is 1.17. The molecule has 0 unspecified atom stereocenters. The Bertz CT molecular complexity index is 3480. The zero-order valence-corrected chi connectivity index (χ0v) is 32.1. The molecular formula is C54H33N3S. The van der Waals surface area contributed by atoms with Gasteiger partial charge in [-0.05, 0) is 52.2 Å². The third kappa shape index (κ3) is 5.12. The first-order valence-corrected chi connectivity index (χ1v) is 20.5. The quantitative estimate of drug-likeness (QED) is 0.175. The van der Waals surface area contributed by atoms with Crippen LogP contribution in [-0.2, 0) is 0 Å². The summed E-state index contributed by atoms with van der Waals surface area (Å²) in [6, 6.07) is 71.9. The van der Waals surface area contributed by atoms with Crippen LogP contribution in [0, 0.1) is 0 Å². The molecule has 0 spiro atoms. The number of hydrogen-bond donors (Lipinski definition) is 0. The fraction of sp³-hybridized carbons (Fsp3) is 0. The first kappa shape index (κ1) is 32.8. The molecule has 0 amide bonds. The van der Waals surface area contributed by atoms with Crippen LogP contribution in [0.1, 0.15) is 0 Å². The maximum atomic E-state index is 5.14. The fourth-order valence-corrected chi connectivity index (χ4v) is 10.2. The van der Waals surface area contributed by atoms with E-state index >= 15 is 0 Å².